The molecule has 0 aliphatic carbocycles. The Bertz CT molecular complexity index is 903. The van der Waals surface area contributed by atoms with E-state index in [9.17, 15) is 4.79 Å². The zero-order valence-electron chi connectivity index (χ0n) is 16.0. The van der Waals surface area contributed by atoms with Crippen LogP contribution in [0.3, 0.4) is 0 Å². The lowest BCUT2D eigenvalue weighted by Crippen LogP contribution is -2.27. The molecule has 1 heterocycles. The molecule has 8 heteroatoms. The monoisotopic (exact) mass is 544 g/mol. The number of anilines is 1. The Kier molecular flexibility index (Phi) is 7.97. The van der Waals surface area contributed by atoms with Crippen LogP contribution in [0.1, 0.15) is 25.3 Å². The maximum Gasteiger partial charge on any atom is 0.262 e. The van der Waals surface area contributed by atoms with Crippen molar-refractivity contribution in [2.24, 2.45) is 0 Å². The molecular formula is C21H22ClIN2O3S. The average molecular weight is 545 g/mol. The van der Waals surface area contributed by atoms with Crippen molar-refractivity contribution in [3.8, 4) is 11.5 Å². The minimum Gasteiger partial charge on any atom is -0.490 e. The van der Waals surface area contributed by atoms with Gasteiger partial charge in [0.2, 0.25) is 0 Å². The highest BCUT2D eigenvalue weighted by atomic mass is 127. The van der Waals surface area contributed by atoms with Crippen molar-refractivity contribution in [3.05, 3.63) is 50.6 Å². The normalized spacial score (nSPS) is 13.3. The van der Waals surface area contributed by atoms with E-state index in [1.807, 2.05) is 19.1 Å². The van der Waals surface area contributed by atoms with E-state index in [0.29, 0.717) is 28.8 Å². The number of hydrogen-bond donors (Lipinski definition) is 1. The predicted molar refractivity (Wildman–Crippen MR) is 128 cm³/mol. The number of amides is 1. The number of nitrogens with one attached hydrogen (secondary N) is 1. The fourth-order valence-corrected chi connectivity index (χ4v) is 4.32. The van der Waals surface area contributed by atoms with Gasteiger partial charge in [-0.15, -0.1) is 0 Å². The molecule has 3 rings (SSSR count). The molecule has 154 valence electrons. The van der Waals surface area contributed by atoms with E-state index >= 15 is 0 Å². The summed E-state index contributed by atoms with van der Waals surface area (Å²) in [5.41, 5.74) is 1.48. The van der Waals surface area contributed by atoms with E-state index in [1.54, 1.807) is 24.3 Å². The summed E-state index contributed by atoms with van der Waals surface area (Å²) in [7, 11) is 0. The molecule has 0 atom stereocenters. The number of carbonyl (C=O) groups excluding carboxylic acids is 1. The lowest BCUT2D eigenvalue weighted by Gasteiger charge is -2.21. The van der Waals surface area contributed by atoms with E-state index in [4.69, 9.17) is 33.3 Å². The van der Waals surface area contributed by atoms with Crippen LogP contribution in [-0.2, 0) is 4.79 Å². The second-order valence-electron chi connectivity index (χ2n) is 6.53. The van der Waals surface area contributed by atoms with Gasteiger partial charge in [0.25, 0.3) is 5.91 Å². The number of carbonyl (C=O) groups is 1. The molecular weight excluding hydrogens is 523 g/mol. The number of likely N-dealkylation sites (tertiary alicyclic amines) is 1. The largest absolute Gasteiger partial charge is 0.490 e. The summed E-state index contributed by atoms with van der Waals surface area (Å²) in [6.45, 7) is 4.21. The topological polar surface area (TPSA) is 50.8 Å². The first-order chi connectivity index (χ1) is 14.0. The number of halogens is 2. The van der Waals surface area contributed by atoms with Crippen LogP contribution >= 0.6 is 46.4 Å². The van der Waals surface area contributed by atoms with Crippen LogP contribution in [0.15, 0.2) is 36.4 Å². The smallest absolute Gasteiger partial charge is 0.262 e. The highest BCUT2D eigenvalue weighted by Gasteiger charge is 2.20. The third kappa shape index (κ3) is 5.73. The van der Waals surface area contributed by atoms with Crippen LogP contribution in [0.4, 0.5) is 5.69 Å². The molecule has 1 amide bonds. The van der Waals surface area contributed by atoms with E-state index < -0.39 is 0 Å². The van der Waals surface area contributed by atoms with Gasteiger partial charge < -0.3 is 19.7 Å². The summed E-state index contributed by atoms with van der Waals surface area (Å²) in [5.74, 6) is 0.823. The van der Waals surface area contributed by atoms with Crippen molar-refractivity contribution < 1.29 is 14.3 Å². The molecule has 2 aromatic rings. The van der Waals surface area contributed by atoms with Crippen LogP contribution < -0.4 is 14.8 Å². The summed E-state index contributed by atoms with van der Waals surface area (Å²) < 4.78 is 12.4. The maximum absolute atomic E-state index is 12.3. The molecule has 1 aliphatic rings. The van der Waals surface area contributed by atoms with Gasteiger partial charge in [-0.05, 0) is 66.6 Å². The Morgan fingerprint density at radius 3 is 2.66 bits per heavy atom. The molecule has 0 radical (unpaired) electrons. The van der Waals surface area contributed by atoms with Crippen LogP contribution in [-0.4, -0.2) is 42.1 Å². The van der Waals surface area contributed by atoms with Gasteiger partial charge in [-0.3, -0.25) is 4.79 Å². The number of nitrogens with zero attached hydrogens (tertiary/aromatic N) is 1. The van der Waals surface area contributed by atoms with E-state index in [0.717, 1.165) is 40.1 Å². The number of ether oxygens (including phenoxy) is 2. The molecule has 0 unspecified atom stereocenters. The highest BCUT2D eigenvalue weighted by Crippen LogP contribution is 2.35. The van der Waals surface area contributed by atoms with Gasteiger partial charge in [0, 0.05) is 18.7 Å². The summed E-state index contributed by atoms with van der Waals surface area (Å²) in [6.07, 6.45) is 2.33. The first-order valence-corrected chi connectivity index (χ1v) is 11.3. The molecule has 0 bridgehead atoms. The van der Waals surface area contributed by atoms with E-state index in [1.165, 1.54) is 0 Å². The minimum absolute atomic E-state index is 0.156. The lowest BCUT2D eigenvalue weighted by molar-refractivity contribution is -0.118. The Morgan fingerprint density at radius 2 is 1.97 bits per heavy atom. The number of para-hydroxylation sites is 1. The van der Waals surface area contributed by atoms with Gasteiger partial charge in [-0.25, -0.2) is 0 Å². The SMILES string of the molecule is CCOc1cc(C(=S)N2CCCC2)cc(I)c1OCC(=O)Nc1ccccc1Cl. The number of rotatable bonds is 7. The molecule has 1 aliphatic heterocycles. The van der Waals surface area contributed by atoms with Gasteiger partial charge in [0.1, 0.15) is 4.99 Å². The summed E-state index contributed by atoms with van der Waals surface area (Å²) in [6, 6.07) is 10.9. The minimum atomic E-state index is -0.298. The van der Waals surface area contributed by atoms with Crippen molar-refractivity contribution >= 4 is 63.0 Å². The van der Waals surface area contributed by atoms with Gasteiger partial charge in [0.15, 0.2) is 18.1 Å². The van der Waals surface area contributed by atoms with Gasteiger partial charge in [0.05, 0.1) is 20.9 Å². The van der Waals surface area contributed by atoms with E-state index in [2.05, 4.69) is 32.8 Å². The van der Waals surface area contributed by atoms with Crippen LogP contribution in [0.5, 0.6) is 11.5 Å². The average Bonchev–Trinajstić information content (AvgIpc) is 3.23. The molecule has 0 saturated carbocycles. The number of thiocarbonyl (C=S) groups is 1. The van der Waals surface area contributed by atoms with Gasteiger partial charge in [-0.1, -0.05) is 36.0 Å². The summed E-state index contributed by atoms with van der Waals surface area (Å²) >= 11 is 13.9. The second-order valence-corrected chi connectivity index (χ2v) is 8.49. The molecule has 2 aromatic carbocycles. The van der Waals surface area contributed by atoms with Gasteiger partial charge in [-0.2, -0.15) is 0 Å². The Balaban J connectivity index is 1.73. The Hall–Kier alpha value is -1.58. The lowest BCUT2D eigenvalue weighted by atomic mass is 10.2. The third-order valence-electron chi connectivity index (χ3n) is 4.45. The summed E-state index contributed by atoms with van der Waals surface area (Å²) in [4.78, 5) is 15.3. The molecule has 1 fully saturated rings. The van der Waals surface area contributed by atoms with Crippen LogP contribution in [0.2, 0.25) is 5.02 Å². The number of hydrogen-bond acceptors (Lipinski definition) is 4. The standard InChI is InChI=1S/C21H22ClIN2O3S/c1-2-27-18-12-14(21(29)25-9-5-6-10-25)11-16(23)20(18)28-13-19(26)24-17-8-4-3-7-15(17)22/h3-4,7-8,11-12H,2,5-6,9-10,13H2,1H3,(H,24,26). The fraction of sp³-hybridized carbons (Fsp3) is 0.333. The maximum atomic E-state index is 12.3. The first-order valence-electron chi connectivity index (χ1n) is 9.42. The van der Waals surface area contributed by atoms with Crippen molar-refractivity contribution in [2.45, 2.75) is 19.8 Å². The molecule has 1 N–H and O–H groups in total. The third-order valence-corrected chi connectivity index (χ3v) is 6.07. The second kappa shape index (κ2) is 10.4. The number of benzene rings is 2. The van der Waals surface area contributed by atoms with Crippen molar-refractivity contribution in [1.82, 2.24) is 4.90 Å². The zero-order chi connectivity index (χ0) is 20.8. The van der Waals surface area contributed by atoms with Crippen LogP contribution in [0.25, 0.3) is 0 Å². The van der Waals surface area contributed by atoms with Gasteiger partial charge >= 0.3 is 0 Å². The van der Waals surface area contributed by atoms with Crippen molar-refractivity contribution in [1.29, 1.82) is 0 Å². The molecule has 5 nitrogen and oxygen atoms in total. The molecule has 1 saturated heterocycles. The Labute approximate surface area is 194 Å². The van der Waals surface area contributed by atoms with Crippen LogP contribution in [0, 0.1) is 3.57 Å². The van der Waals surface area contributed by atoms with Crippen molar-refractivity contribution in [3.63, 3.8) is 0 Å². The first kappa shape index (κ1) is 22.1. The fourth-order valence-electron chi connectivity index (χ4n) is 3.08. The summed E-state index contributed by atoms with van der Waals surface area (Å²) in [5, 5.41) is 3.23. The molecule has 0 spiro atoms. The quantitative estimate of drug-likeness (QED) is 0.387. The van der Waals surface area contributed by atoms with E-state index in [-0.39, 0.29) is 12.5 Å². The molecule has 0 aromatic heterocycles. The van der Waals surface area contributed by atoms with Crippen molar-refractivity contribution in [2.75, 3.05) is 31.6 Å². The molecule has 29 heavy (non-hydrogen) atoms. The Morgan fingerprint density at radius 1 is 1.24 bits per heavy atom. The zero-order valence-corrected chi connectivity index (χ0v) is 19.8. The highest BCUT2D eigenvalue weighted by molar-refractivity contribution is 14.1. The predicted octanol–water partition coefficient (Wildman–Crippen LogP) is 5.13.